The van der Waals surface area contributed by atoms with Crippen LogP contribution in [0.3, 0.4) is 0 Å². The van der Waals surface area contributed by atoms with Crippen LogP contribution in [0, 0.1) is 0 Å². The van der Waals surface area contributed by atoms with Gasteiger partial charge in [0.15, 0.2) is 0 Å². The van der Waals surface area contributed by atoms with E-state index in [9.17, 15) is 0 Å². The second-order valence-electron chi connectivity index (χ2n) is 15.6. The van der Waals surface area contributed by atoms with Crippen molar-refractivity contribution in [3.8, 4) is 0 Å². The first-order valence-corrected chi connectivity index (χ1v) is 37.4. The second kappa shape index (κ2) is 213. The second-order valence-corrected chi connectivity index (χ2v) is 15.6. The summed E-state index contributed by atoms with van der Waals surface area (Å²) in [5, 5.41) is 0. The van der Waals surface area contributed by atoms with Gasteiger partial charge >= 0.3 is 0 Å². The van der Waals surface area contributed by atoms with Gasteiger partial charge in [0.25, 0.3) is 0 Å². The molecule has 0 heteroatoms. The van der Waals surface area contributed by atoms with Gasteiger partial charge in [0.1, 0.15) is 0 Å². The fourth-order valence-corrected chi connectivity index (χ4v) is 1.50. The molecule has 12 saturated carbocycles. The van der Waals surface area contributed by atoms with Gasteiger partial charge in [0.2, 0.25) is 0 Å². The van der Waals surface area contributed by atoms with E-state index >= 15 is 0 Å². The summed E-state index contributed by atoms with van der Waals surface area (Å²) in [7, 11) is 0. The molecule has 0 radical (unpaired) electrons. The molecule has 12 fully saturated rings. The molecule has 12 aliphatic carbocycles. The summed E-state index contributed by atoms with van der Waals surface area (Å²) in [6.07, 6.45) is 64.2. The van der Waals surface area contributed by atoms with E-state index in [1.807, 2.05) is 208 Å². The van der Waals surface area contributed by atoms with Crippen molar-refractivity contribution in [1.82, 2.24) is 0 Å². The van der Waals surface area contributed by atoms with Gasteiger partial charge in [-0.1, -0.05) is 498 Å². The average molecular weight is 1080 g/mol. The minimum atomic E-state index is 1.25. The van der Waals surface area contributed by atoms with E-state index in [4.69, 9.17) is 0 Å². The summed E-state index contributed by atoms with van der Waals surface area (Å²) in [5.74, 6) is 0. The van der Waals surface area contributed by atoms with Crippen LogP contribution < -0.4 is 0 Å². The Labute approximate surface area is 495 Å². The molecule has 0 aromatic rings. The Morgan fingerprint density at radius 1 is 0.0933 bits per heavy atom. The van der Waals surface area contributed by atoms with Gasteiger partial charge in [0.05, 0.1) is 0 Å². The lowest BCUT2D eigenvalue weighted by atomic mass is 10.0. The van der Waals surface area contributed by atoms with Gasteiger partial charge in [-0.25, -0.2) is 0 Å². The van der Waals surface area contributed by atoms with E-state index < -0.39 is 0 Å². The van der Waals surface area contributed by atoms with Crippen molar-refractivity contribution in [3.63, 3.8) is 0 Å². The summed E-state index contributed by atoms with van der Waals surface area (Å²) in [4.78, 5) is 0. The molecule has 0 aromatic heterocycles. The first-order chi connectivity index (χ1) is 37.4. The predicted molar refractivity (Wildman–Crippen MR) is 380 cm³/mol. The zero-order chi connectivity index (χ0) is 62.4. The van der Waals surface area contributed by atoms with Gasteiger partial charge in [-0.3, -0.25) is 0 Å². The maximum Gasteiger partial charge on any atom is -0.0533 e. The van der Waals surface area contributed by atoms with Crippen molar-refractivity contribution in [3.05, 3.63) is 0 Å². The molecule has 12 aliphatic rings. The molecule has 0 spiro atoms. The minimum Gasteiger partial charge on any atom is -0.0683 e. The summed E-state index contributed by atoms with van der Waals surface area (Å²) in [5.41, 5.74) is 0. The Balaban J connectivity index is -0.0000000346. The summed E-state index contributed by atoms with van der Waals surface area (Å²) in [6, 6.07) is 0. The van der Waals surface area contributed by atoms with Crippen molar-refractivity contribution < 1.29 is 0 Å². The predicted octanol–water partition coefficient (Wildman–Crippen LogP) is 33.2. The highest BCUT2D eigenvalue weighted by molar-refractivity contribution is 4.54. The van der Waals surface area contributed by atoms with E-state index in [1.54, 1.807) is 0 Å². The molecule has 75 heavy (non-hydrogen) atoms. The fourth-order valence-electron chi connectivity index (χ4n) is 1.50. The van der Waals surface area contributed by atoms with Crippen LogP contribution in [-0.2, 0) is 0 Å². The molecular formula is C75H182. The van der Waals surface area contributed by atoms with Crippen molar-refractivity contribution in [2.24, 2.45) is 0 Å². The highest BCUT2D eigenvalue weighted by Crippen LogP contribution is 2.18. The molecule has 0 heterocycles. The molecule has 0 aromatic carbocycles. The topological polar surface area (TPSA) is 0 Å². The number of hydrogen-bond donors (Lipinski definition) is 0. The molecule has 0 bridgehead atoms. The van der Waals surface area contributed by atoms with Crippen molar-refractivity contribution in [1.29, 1.82) is 0 Å². The Morgan fingerprint density at radius 2 is 0.107 bits per heavy atom. The van der Waals surface area contributed by atoms with Crippen LogP contribution in [-0.4, -0.2) is 0 Å². The molecule has 0 aliphatic heterocycles. The Bertz CT molecular complexity index is 282. The molecule has 12 rings (SSSR count). The zero-order valence-corrected chi connectivity index (χ0v) is 62.4. The van der Waals surface area contributed by atoms with E-state index in [2.05, 4.69) is 13.8 Å². The van der Waals surface area contributed by atoms with E-state index in [0.29, 0.717) is 0 Å². The maximum atomic E-state index is 2.12. The van der Waals surface area contributed by atoms with Gasteiger partial charge in [0, 0.05) is 0 Å². The largest absolute Gasteiger partial charge is 0.0683 e. The zero-order valence-electron chi connectivity index (χ0n) is 62.4. The van der Waals surface area contributed by atoms with Crippen molar-refractivity contribution >= 4 is 0 Å². The molecule has 0 nitrogen and oxygen atoms in total. The fraction of sp³-hybridized carbons (Fsp3) is 1.00. The molecule has 0 amide bonds. The highest BCUT2D eigenvalue weighted by Gasteiger charge is 1.99. The SMILES string of the molecule is C1CC1.C1CC1.C1CC1.C1CC1.C1CC1.C1CC1.C1CCC1.C1CCC1.C1CCC1.C1CCC1.C1CCC1.C1CCC1.CC.CC.CC.CC.CC.CC.CC.CC.CC.CC.CC.CC.CC.CC.CC.CCC. The lowest BCUT2D eigenvalue weighted by Crippen LogP contribution is -1.85. The van der Waals surface area contributed by atoms with E-state index in [0.717, 1.165) is 0 Å². The van der Waals surface area contributed by atoms with Gasteiger partial charge in [-0.2, -0.15) is 0 Å². The van der Waals surface area contributed by atoms with Crippen LogP contribution >= 0.6 is 0 Å². The normalized spacial score (nSPS) is 14.9. The van der Waals surface area contributed by atoms with Crippen LogP contribution in [0.4, 0.5) is 0 Å². The summed E-state index contributed by atoms with van der Waals surface area (Å²) >= 11 is 0. The average Bonchev–Trinajstić information content (AvgIpc) is 4.24. The van der Waals surface area contributed by atoms with E-state index in [1.165, 1.54) is 276 Å². The third kappa shape index (κ3) is 426. The molecule has 0 saturated heterocycles. The molecule has 0 atom stereocenters. The first-order valence-electron chi connectivity index (χ1n) is 37.4. The first kappa shape index (κ1) is 118. The molecule has 482 valence electrons. The van der Waals surface area contributed by atoms with Gasteiger partial charge < -0.3 is 0 Å². The Morgan fingerprint density at radius 3 is 0.107 bits per heavy atom. The molecular weight excluding hydrogens is 901 g/mol. The van der Waals surface area contributed by atoms with Crippen LogP contribution in [0.2, 0.25) is 0 Å². The van der Waals surface area contributed by atoms with Crippen LogP contribution in [0.25, 0.3) is 0 Å². The molecule has 0 N–H and O–H groups in total. The third-order valence-corrected chi connectivity index (χ3v) is 8.12. The summed E-state index contributed by atoms with van der Waals surface area (Å²) < 4.78 is 0. The Hall–Kier alpha value is 0. The van der Waals surface area contributed by atoms with Crippen LogP contribution in [0.1, 0.15) is 498 Å². The maximum absolute atomic E-state index is 2.12. The third-order valence-electron chi connectivity index (χ3n) is 8.12. The van der Waals surface area contributed by atoms with Crippen LogP contribution in [0.15, 0.2) is 0 Å². The molecule has 0 unspecified atom stereocenters. The number of hydrogen-bond acceptors (Lipinski definition) is 0. The smallest absolute Gasteiger partial charge is 0.0533 e. The summed E-state index contributed by atoms with van der Waals surface area (Å²) in [6.45, 7) is 64.2. The van der Waals surface area contributed by atoms with Gasteiger partial charge in [-0.05, 0) is 0 Å². The lowest BCUT2D eigenvalue weighted by Gasteiger charge is -2.05. The van der Waals surface area contributed by atoms with Crippen molar-refractivity contribution in [2.45, 2.75) is 498 Å². The monoisotopic (exact) mass is 1080 g/mol. The lowest BCUT2D eigenvalue weighted by molar-refractivity contribution is 0.504. The van der Waals surface area contributed by atoms with Gasteiger partial charge in [-0.15, -0.1) is 0 Å². The van der Waals surface area contributed by atoms with Crippen molar-refractivity contribution in [2.75, 3.05) is 0 Å². The quantitative estimate of drug-likeness (QED) is 0.227. The number of rotatable bonds is 0. The van der Waals surface area contributed by atoms with Crippen LogP contribution in [0.5, 0.6) is 0 Å². The Kier molecular flexibility index (Phi) is 336. The standard InChI is InChI=1S/6C4H8.6C3H6.C3H8.15C2H6/c6*1-2-4-3-1;6*1-2-3-1;1-3-2;15*1-2/h6*1-4H2;6*1-3H2;3H2,1-2H3;15*1-2H3. The highest BCUT2D eigenvalue weighted by atomic mass is 14.1. The van der Waals surface area contributed by atoms with E-state index in [-0.39, 0.29) is 0 Å². The minimum absolute atomic E-state index is 1.25.